The predicted octanol–water partition coefficient (Wildman–Crippen LogP) is 1.03. The first-order valence-corrected chi connectivity index (χ1v) is 6.26. The first-order chi connectivity index (χ1) is 7.50. The average Bonchev–Trinajstić information content (AvgIpc) is 3.05. The van der Waals surface area contributed by atoms with Crippen molar-refractivity contribution >= 4 is 5.96 Å². The van der Waals surface area contributed by atoms with Crippen LogP contribution >= 0.6 is 0 Å². The molecule has 0 radical (unpaired) electrons. The number of aliphatic imine (C=N–C) groups is 1. The van der Waals surface area contributed by atoms with Gasteiger partial charge < -0.3 is 11.1 Å². The number of guanidine groups is 1. The highest BCUT2D eigenvalue weighted by atomic mass is 15.2. The van der Waals surface area contributed by atoms with E-state index in [9.17, 15) is 0 Å². The lowest BCUT2D eigenvalue weighted by Crippen LogP contribution is -2.43. The molecule has 16 heavy (non-hydrogen) atoms. The van der Waals surface area contributed by atoms with Gasteiger partial charge in [-0.25, -0.2) is 0 Å². The molecule has 3 N–H and O–H groups in total. The maximum absolute atomic E-state index is 5.78. The maximum Gasteiger partial charge on any atom is 0.188 e. The summed E-state index contributed by atoms with van der Waals surface area (Å²) in [7, 11) is 2.19. The van der Waals surface area contributed by atoms with E-state index < -0.39 is 0 Å². The summed E-state index contributed by atoms with van der Waals surface area (Å²) in [6.45, 7) is 8.17. The molecular weight excluding hydrogens is 200 g/mol. The molecule has 0 spiro atoms. The summed E-state index contributed by atoms with van der Waals surface area (Å²) in [6.07, 6.45) is 2.69. The minimum atomic E-state index is 0.514. The van der Waals surface area contributed by atoms with Gasteiger partial charge in [0.05, 0.1) is 0 Å². The second-order valence-electron chi connectivity index (χ2n) is 5.25. The van der Waals surface area contributed by atoms with E-state index in [4.69, 9.17) is 5.73 Å². The van der Waals surface area contributed by atoms with Crippen LogP contribution in [0.25, 0.3) is 0 Å². The predicted molar refractivity (Wildman–Crippen MR) is 69.6 cm³/mol. The lowest BCUT2D eigenvalue weighted by Gasteiger charge is -2.24. The van der Waals surface area contributed by atoms with Crippen LogP contribution in [0.2, 0.25) is 0 Å². The summed E-state index contributed by atoms with van der Waals surface area (Å²) >= 11 is 0. The lowest BCUT2D eigenvalue weighted by molar-refractivity contribution is 0.248. The number of nitrogens with two attached hydrogens (primary N) is 1. The largest absolute Gasteiger partial charge is 0.370 e. The Morgan fingerprint density at radius 3 is 2.56 bits per heavy atom. The first-order valence-electron chi connectivity index (χ1n) is 6.26. The van der Waals surface area contributed by atoms with Crippen molar-refractivity contribution in [2.45, 2.75) is 45.7 Å². The van der Waals surface area contributed by atoms with E-state index in [0.29, 0.717) is 17.9 Å². The van der Waals surface area contributed by atoms with Gasteiger partial charge in [-0.05, 0) is 32.7 Å². The van der Waals surface area contributed by atoms with E-state index in [2.05, 4.69) is 43.0 Å². The molecular formula is C12H26N4. The van der Waals surface area contributed by atoms with Gasteiger partial charge in [0.25, 0.3) is 0 Å². The first kappa shape index (κ1) is 13.3. The van der Waals surface area contributed by atoms with Gasteiger partial charge in [-0.3, -0.25) is 9.89 Å². The van der Waals surface area contributed by atoms with Crippen molar-refractivity contribution in [3.05, 3.63) is 0 Å². The number of hydrogen-bond donors (Lipinski definition) is 2. The molecule has 1 aliphatic rings. The van der Waals surface area contributed by atoms with Crippen LogP contribution in [0.5, 0.6) is 0 Å². The van der Waals surface area contributed by atoms with E-state index >= 15 is 0 Å². The van der Waals surface area contributed by atoms with Crippen LogP contribution in [0.3, 0.4) is 0 Å². The van der Waals surface area contributed by atoms with Gasteiger partial charge >= 0.3 is 0 Å². The Hall–Kier alpha value is -0.770. The van der Waals surface area contributed by atoms with Crippen LogP contribution in [-0.2, 0) is 0 Å². The third kappa shape index (κ3) is 4.84. The summed E-state index contributed by atoms with van der Waals surface area (Å²) in [6, 6.07) is 1.31. The highest BCUT2D eigenvalue weighted by Gasteiger charge is 2.28. The Bertz CT molecular complexity index is 233. The number of hydrogen-bond acceptors (Lipinski definition) is 2. The third-order valence-corrected chi connectivity index (χ3v) is 3.02. The Labute approximate surface area is 99.3 Å². The van der Waals surface area contributed by atoms with Crippen LogP contribution in [0.1, 0.15) is 33.6 Å². The fourth-order valence-electron chi connectivity index (χ4n) is 1.57. The quantitative estimate of drug-likeness (QED) is 0.525. The van der Waals surface area contributed by atoms with Gasteiger partial charge in [-0.1, -0.05) is 13.8 Å². The second kappa shape index (κ2) is 6.09. The van der Waals surface area contributed by atoms with Gasteiger partial charge in [0.2, 0.25) is 0 Å². The number of nitrogens with one attached hydrogen (secondary N) is 1. The van der Waals surface area contributed by atoms with E-state index in [1.54, 1.807) is 0 Å². The van der Waals surface area contributed by atoms with Crippen molar-refractivity contribution in [3.8, 4) is 0 Å². The van der Waals surface area contributed by atoms with Crippen molar-refractivity contribution in [2.75, 3.05) is 20.1 Å². The van der Waals surface area contributed by atoms with Gasteiger partial charge in [-0.2, -0.15) is 0 Å². The van der Waals surface area contributed by atoms with Crippen LogP contribution < -0.4 is 11.1 Å². The fraction of sp³-hybridized carbons (Fsp3) is 0.917. The molecule has 0 heterocycles. The van der Waals surface area contributed by atoms with E-state index in [1.165, 1.54) is 12.8 Å². The van der Waals surface area contributed by atoms with Crippen LogP contribution in [0.4, 0.5) is 0 Å². The SMILES string of the molecule is CC(C)CN=C(N)NCC(C)N(C)C1CC1. The van der Waals surface area contributed by atoms with Crippen molar-refractivity contribution < 1.29 is 0 Å². The molecule has 94 valence electrons. The molecule has 1 aliphatic carbocycles. The maximum atomic E-state index is 5.78. The number of rotatable bonds is 6. The normalized spacial score (nSPS) is 19.2. The second-order valence-corrected chi connectivity index (χ2v) is 5.25. The molecule has 0 aromatic heterocycles. The van der Waals surface area contributed by atoms with Crippen molar-refractivity contribution in [1.29, 1.82) is 0 Å². The highest BCUT2D eigenvalue weighted by molar-refractivity contribution is 5.77. The molecule has 0 saturated heterocycles. The van der Waals surface area contributed by atoms with Crippen molar-refractivity contribution in [1.82, 2.24) is 10.2 Å². The minimum absolute atomic E-state index is 0.514. The lowest BCUT2D eigenvalue weighted by atomic mass is 10.2. The molecule has 0 aliphatic heterocycles. The number of likely N-dealkylation sites (N-methyl/N-ethyl adjacent to an activating group) is 1. The van der Waals surface area contributed by atoms with Crippen LogP contribution in [-0.4, -0.2) is 43.1 Å². The van der Waals surface area contributed by atoms with E-state index in [1.807, 2.05) is 0 Å². The average molecular weight is 226 g/mol. The smallest absolute Gasteiger partial charge is 0.188 e. The molecule has 1 atom stereocenters. The van der Waals surface area contributed by atoms with Gasteiger partial charge in [0.1, 0.15) is 0 Å². The van der Waals surface area contributed by atoms with Gasteiger partial charge in [0.15, 0.2) is 5.96 Å². The zero-order chi connectivity index (χ0) is 12.1. The zero-order valence-electron chi connectivity index (χ0n) is 11.0. The molecule has 1 rings (SSSR count). The molecule has 4 heteroatoms. The summed E-state index contributed by atoms with van der Waals surface area (Å²) in [4.78, 5) is 6.70. The van der Waals surface area contributed by atoms with Crippen LogP contribution in [0.15, 0.2) is 4.99 Å². The monoisotopic (exact) mass is 226 g/mol. The molecule has 1 saturated carbocycles. The Morgan fingerprint density at radius 1 is 1.44 bits per heavy atom. The summed E-state index contributed by atoms with van der Waals surface area (Å²) in [5.74, 6) is 1.14. The standard InChI is InChI=1S/C12H26N4/c1-9(2)7-14-12(13)15-8-10(3)16(4)11-5-6-11/h9-11H,5-8H2,1-4H3,(H3,13,14,15). The van der Waals surface area contributed by atoms with Gasteiger partial charge in [-0.15, -0.1) is 0 Å². The van der Waals surface area contributed by atoms with E-state index in [0.717, 1.165) is 19.1 Å². The zero-order valence-corrected chi connectivity index (χ0v) is 11.0. The summed E-state index contributed by atoms with van der Waals surface area (Å²) in [5.41, 5.74) is 5.78. The fourth-order valence-corrected chi connectivity index (χ4v) is 1.57. The molecule has 0 aromatic carbocycles. The van der Waals surface area contributed by atoms with Crippen LogP contribution in [0, 0.1) is 5.92 Å². The Morgan fingerprint density at radius 2 is 2.06 bits per heavy atom. The summed E-state index contributed by atoms with van der Waals surface area (Å²) < 4.78 is 0. The molecule has 0 bridgehead atoms. The number of nitrogens with zero attached hydrogens (tertiary/aromatic N) is 2. The third-order valence-electron chi connectivity index (χ3n) is 3.02. The molecule has 0 aromatic rings. The molecule has 4 nitrogen and oxygen atoms in total. The van der Waals surface area contributed by atoms with Gasteiger partial charge in [0, 0.05) is 25.2 Å². The van der Waals surface area contributed by atoms with Crippen molar-refractivity contribution in [2.24, 2.45) is 16.6 Å². The van der Waals surface area contributed by atoms with E-state index in [-0.39, 0.29) is 0 Å². The van der Waals surface area contributed by atoms with Crippen molar-refractivity contribution in [3.63, 3.8) is 0 Å². The Kier molecular flexibility index (Phi) is 5.06. The highest BCUT2D eigenvalue weighted by Crippen LogP contribution is 2.26. The summed E-state index contributed by atoms with van der Waals surface area (Å²) in [5, 5.41) is 3.19. The minimum Gasteiger partial charge on any atom is -0.370 e. The molecule has 1 unspecified atom stereocenters. The topological polar surface area (TPSA) is 53.6 Å². The Balaban J connectivity index is 2.19. The molecule has 1 fully saturated rings. The molecule has 0 amide bonds.